The third-order valence-electron chi connectivity index (χ3n) is 4.65. The van der Waals surface area contributed by atoms with Gasteiger partial charge in [-0.1, -0.05) is 36.4 Å². The quantitative estimate of drug-likeness (QED) is 0.886. The second-order valence-electron chi connectivity index (χ2n) is 6.36. The van der Waals surface area contributed by atoms with Crippen molar-refractivity contribution in [1.82, 2.24) is 10.2 Å². The SMILES string of the molecule is CC(NC(=O)CN1CCC[C@@H]1C(=O)O)c1ccc2ccccc2c1. The lowest BCUT2D eigenvalue weighted by molar-refractivity contribution is -0.142. The number of amides is 1. The van der Waals surface area contributed by atoms with Crippen LogP contribution in [0.4, 0.5) is 0 Å². The highest BCUT2D eigenvalue weighted by molar-refractivity contribution is 5.84. The van der Waals surface area contributed by atoms with Crippen LogP contribution in [0.5, 0.6) is 0 Å². The summed E-state index contributed by atoms with van der Waals surface area (Å²) in [4.78, 5) is 25.2. The van der Waals surface area contributed by atoms with Gasteiger partial charge in [-0.3, -0.25) is 14.5 Å². The predicted octanol–water partition coefficient (Wildman–Crippen LogP) is 2.57. The molecule has 1 aliphatic heterocycles. The van der Waals surface area contributed by atoms with Crippen molar-refractivity contribution in [3.63, 3.8) is 0 Å². The number of carbonyl (C=O) groups excluding carboxylic acids is 1. The number of nitrogens with one attached hydrogen (secondary N) is 1. The summed E-state index contributed by atoms with van der Waals surface area (Å²) < 4.78 is 0. The molecular weight excluding hydrogens is 304 g/mol. The number of carbonyl (C=O) groups is 2. The Hall–Kier alpha value is -2.40. The molecule has 1 aliphatic rings. The van der Waals surface area contributed by atoms with Crippen LogP contribution in [0, 0.1) is 0 Å². The second kappa shape index (κ2) is 7.01. The van der Waals surface area contributed by atoms with Gasteiger partial charge in [-0.15, -0.1) is 0 Å². The summed E-state index contributed by atoms with van der Waals surface area (Å²) in [5.74, 6) is -0.980. The van der Waals surface area contributed by atoms with E-state index < -0.39 is 12.0 Å². The number of hydrogen-bond acceptors (Lipinski definition) is 3. The fraction of sp³-hybridized carbons (Fsp3) is 0.368. The average molecular weight is 326 g/mol. The van der Waals surface area contributed by atoms with Crippen LogP contribution in [-0.2, 0) is 9.59 Å². The van der Waals surface area contributed by atoms with E-state index in [1.165, 1.54) is 5.39 Å². The second-order valence-corrected chi connectivity index (χ2v) is 6.36. The van der Waals surface area contributed by atoms with Gasteiger partial charge in [-0.25, -0.2) is 0 Å². The molecule has 0 radical (unpaired) electrons. The number of aliphatic carboxylic acids is 1. The van der Waals surface area contributed by atoms with Gasteiger partial charge in [-0.2, -0.15) is 0 Å². The van der Waals surface area contributed by atoms with Crippen LogP contribution in [0.2, 0.25) is 0 Å². The summed E-state index contributed by atoms with van der Waals surface area (Å²) in [6.07, 6.45) is 1.44. The topological polar surface area (TPSA) is 69.6 Å². The molecule has 2 aromatic rings. The molecule has 1 fully saturated rings. The maximum absolute atomic E-state index is 12.3. The highest BCUT2D eigenvalue weighted by Crippen LogP contribution is 2.21. The minimum Gasteiger partial charge on any atom is -0.480 e. The number of fused-ring (bicyclic) bond motifs is 1. The van der Waals surface area contributed by atoms with Gasteiger partial charge in [-0.05, 0) is 48.7 Å². The summed E-state index contributed by atoms with van der Waals surface area (Å²) in [7, 11) is 0. The first-order chi connectivity index (χ1) is 11.5. The molecule has 1 heterocycles. The van der Waals surface area contributed by atoms with Gasteiger partial charge < -0.3 is 10.4 Å². The molecule has 5 nitrogen and oxygen atoms in total. The third-order valence-corrected chi connectivity index (χ3v) is 4.65. The molecule has 1 saturated heterocycles. The molecule has 0 spiro atoms. The van der Waals surface area contributed by atoms with Crippen molar-refractivity contribution in [2.45, 2.75) is 31.8 Å². The number of likely N-dealkylation sites (tertiary alicyclic amines) is 1. The molecule has 2 atom stereocenters. The molecule has 1 amide bonds. The Kier molecular flexibility index (Phi) is 4.81. The van der Waals surface area contributed by atoms with E-state index in [1.807, 2.05) is 31.2 Å². The number of hydrogen-bond donors (Lipinski definition) is 2. The number of carboxylic acid groups (broad SMARTS) is 1. The third kappa shape index (κ3) is 3.57. The maximum Gasteiger partial charge on any atom is 0.320 e. The van der Waals surface area contributed by atoms with Gasteiger partial charge >= 0.3 is 5.97 Å². The molecule has 0 saturated carbocycles. The maximum atomic E-state index is 12.3. The van der Waals surface area contributed by atoms with E-state index in [0.717, 1.165) is 17.4 Å². The lowest BCUT2D eigenvalue weighted by Gasteiger charge is -2.22. The van der Waals surface area contributed by atoms with E-state index in [2.05, 4.69) is 23.5 Å². The fourth-order valence-electron chi connectivity index (χ4n) is 3.33. The van der Waals surface area contributed by atoms with Crippen LogP contribution in [0.25, 0.3) is 10.8 Å². The molecule has 24 heavy (non-hydrogen) atoms. The van der Waals surface area contributed by atoms with Crippen molar-refractivity contribution in [3.05, 3.63) is 48.0 Å². The van der Waals surface area contributed by atoms with Crippen LogP contribution < -0.4 is 5.32 Å². The first-order valence-corrected chi connectivity index (χ1v) is 8.29. The van der Waals surface area contributed by atoms with Crippen LogP contribution in [0.15, 0.2) is 42.5 Å². The van der Waals surface area contributed by atoms with E-state index in [1.54, 1.807) is 4.90 Å². The summed E-state index contributed by atoms with van der Waals surface area (Å²) in [5, 5.41) is 14.5. The van der Waals surface area contributed by atoms with Crippen molar-refractivity contribution >= 4 is 22.6 Å². The zero-order valence-electron chi connectivity index (χ0n) is 13.7. The van der Waals surface area contributed by atoms with Crippen molar-refractivity contribution in [2.24, 2.45) is 0 Å². The van der Waals surface area contributed by atoms with Gasteiger partial charge in [0.25, 0.3) is 0 Å². The number of carboxylic acids is 1. The molecule has 0 bridgehead atoms. The highest BCUT2D eigenvalue weighted by atomic mass is 16.4. The molecule has 0 aromatic heterocycles. The summed E-state index contributed by atoms with van der Waals surface area (Å²) >= 11 is 0. The predicted molar refractivity (Wildman–Crippen MR) is 92.7 cm³/mol. The first-order valence-electron chi connectivity index (χ1n) is 8.29. The zero-order chi connectivity index (χ0) is 17.1. The zero-order valence-corrected chi connectivity index (χ0v) is 13.7. The molecule has 2 aromatic carbocycles. The normalized spacial score (nSPS) is 19.3. The van der Waals surface area contributed by atoms with E-state index in [9.17, 15) is 14.7 Å². The molecule has 2 N–H and O–H groups in total. The summed E-state index contributed by atoms with van der Waals surface area (Å²) in [6.45, 7) is 2.74. The molecule has 126 valence electrons. The van der Waals surface area contributed by atoms with Gasteiger partial charge in [0.1, 0.15) is 6.04 Å². The molecule has 1 unspecified atom stereocenters. The smallest absolute Gasteiger partial charge is 0.320 e. The van der Waals surface area contributed by atoms with Gasteiger partial charge in [0, 0.05) is 0 Å². The fourth-order valence-corrected chi connectivity index (χ4v) is 3.33. The van der Waals surface area contributed by atoms with Crippen molar-refractivity contribution in [3.8, 4) is 0 Å². The number of rotatable bonds is 5. The Morgan fingerprint density at radius 1 is 1.25 bits per heavy atom. The Labute approximate surface area is 141 Å². The largest absolute Gasteiger partial charge is 0.480 e. The number of benzene rings is 2. The molecule has 3 rings (SSSR count). The lowest BCUT2D eigenvalue weighted by Crippen LogP contribution is -2.43. The standard InChI is InChI=1S/C19H22N2O3/c1-13(15-9-8-14-5-2-3-6-16(14)11-15)20-18(22)12-21-10-4-7-17(21)19(23)24/h2-3,5-6,8-9,11,13,17H,4,7,10,12H2,1H3,(H,20,22)(H,23,24)/t13?,17-/m1/s1. The molecule has 5 heteroatoms. The lowest BCUT2D eigenvalue weighted by atomic mass is 10.0. The van der Waals surface area contributed by atoms with E-state index in [4.69, 9.17) is 0 Å². The van der Waals surface area contributed by atoms with Crippen molar-refractivity contribution < 1.29 is 14.7 Å². The van der Waals surface area contributed by atoms with Gasteiger partial charge in [0.2, 0.25) is 5.91 Å². The average Bonchev–Trinajstić information content (AvgIpc) is 3.02. The van der Waals surface area contributed by atoms with Gasteiger partial charge in [0.05, 0.1) is 12.6 Å². The van der Waals surface area contributed by atoms with Crippen LogP contribution >= 0.6 is 0 Å². The van der Waals surface area contributed by atoms with Gasteiger partial charge in [0.15, 0.2) is 0 Å². The van der Waals surface area contributed by atoms with Crippen LogP contribution in [-0.4, -0.2) is 41.0 Å². The summed E-state index contributed by atoms with van der Waals surface area (Å²) in [5.41, 5.74) is 1.04. The molecular formula is C19H22N2O3. The Morgan fingerprint density at radius 3 is 2.75 bits per heavy atom. The monoisotopic (exact) mass is 326 g/mol. The van der Waals surface area contributed by atoms with Crippen molar-refractivity contribution in [2.75, 3.05) is 13.1 Å². The van der Waals surface area contributed by atoms with E-state index in [0.29, 0.717) is 13.0 Å². The first kappa shape index (κ1) is 16.5. The van der Waals surface area contributed by atoms with Crippen LogP contribution in [0.3, 0.4) is 0 Å². The van der Waals surface area contributed by atoms with Crippen molar-refractivity contribution in [1.29, 1.82) is 0 Å². The minimum atomic E-state index is -0.845. The Balaban J connectivity index is 1.63. The minimum absolute atomic E-state index is 0.118. The summed E-state index contributed by atoms with van der Waals surface area (Å²) in [6, 6.07) is 13.6. The molecule has 0 aliphatic carbocycles. The van der Waals surface area contributed by atoms with E-state index >= 15 is 0 Å². The van der Waals surface area contributed by atoms with Crippen LogP contribution in [0.1, 0.15) is 31.4 Å². The highest BCUT2D eigenvalue weighted by Gasteiger charge is 2.31. The Morgan fingerprint density at radius 2 is 2.00 bits per heavy atom. The Bertz CT molecular complexity index is 759. The number of nitrogens with zero attached hydrogens (tertiary/aromatic N) is 1. The van der Waals surface area contributed by atoms with E-state index in [-0.39, 0.29) is 18.5 Å².